The maximum absolute atomic E-state index is 11.7. The molecule has 0 bridgehead atoms. The smallest absolute Gasteiger partial charge is 0.243 e. The number of amides is 1. The molecular weight excluding hydrogens is 379 g/mol. The topological polar surface area (TPSA) is 56.7 Å². The fourth-order valence-corrected chi connectivity index (χ4v) is 2.20. The Bertz CT molecular complexity index is 328. The van der Waals surface area contributed by atoms with Crippen LogP contribution in [0, 0.1) is 0 Å². The van der Waals surface area contributed by atoms with E-state index in [4.69, 9.17) is 0 Å². The van der Waals surface area contributed by atoms with E-state index in [9.17, 15) is 4.79 Å². The van der Waals surface area contributed by atoms with Gasteiger partial charge >= 0.3 is 0 Å². The van der Waals surface area contributed by atoms with E-state index in [1.165, 1.54) is 32.1 Å². The van der Waals surface area contributed by atoms with Gasteiger partial charge in [-0.2, -0.15) is 0 Å². The van der Waals surface area contributed by atoms with Crippen LogP contribution in [0.1, 0.15) is 52.4 Å². The fourth-order valence-electron chi connectivity index (χ4n) is 2.20. The molecule has 1 unspecified atom stereocenters. The van der Waals surface area contributed by atoms with Crippen LogP contribution in [0.25, 0.3) is 0 Å². The summed E-state index contributed by atoms with van der Waals surface area (Å²) in [5.74, 6) is 0.806. The van der Waals surface area contributed by atoms with E-state index in [0.29, 0.717) is 12.1 Å². The lowest BCUT2D eigenvalue weighted by molar-refractivity contribution is -0.127. The standard InChI is InChI=1S/C15H30N4O.HI/c1-5-12(2)17-15(16-11-14(20)19(3)4)18-13-9-7-6-8-10-13;/h12-13H,5-11H2,1-4H3,(H2,16,17,18);1H. The molecule has 1 rings (SSSR count). The van der Waals surface area contributed by atoms with Crippen molar-refractivity contribution in [3.63, 3.8) is 0 Å². The molecule has 1 amide bonds. The Labute approximate surface area is 146 Å². The highest BCUT2D eigenvalue weighted by atomic mass is 127. The van der Waals surface area contributed by atoms with Gasteiger partial charge in [0.15, 0.2) is 5.96 Å². The van der Waals surface area contributed by atoms with E-state index in [0.717, 1.165) is 12.4 Å². The summed E-state index contributed by atoms with van der Waals surface area (Å²) in [4.78, 5) is 17.7. The number of nitrogens with zero attached hydrogens (tertiary/aromatic N) is 2. The van der Waals surface area contributed by atoms with Crippen molar-refractivity contribution < 1.29 is 4.79 Å². The molecule has 2 N–H and O–H groups in total. The zero-order chi connectivity index (χ0) is 15.0. The van der Waals surface area contributed by atoms with Crippen LogP contribution in [0.5, 0.6) is 0 Å². The zero-order valence-corrected chi connectivity index (χ0v) is 16.1. The molecule has 6 heteroatoms. The Balaban J connectivity index is 0.00000400. The van der Waals surface area contributed by atoms with Crippen molar-refractivity contribution in [1.82, 2.24) is 15.5 Å². The van der Waals surface area contributed by atoms with E-state index in [1.807, 2.05) is 0 Å². The summed E-state index contributed by atoms with van der Waals surface area (Å²) >= 11 is 0. The summed E-state index contributed by atoms with van der Waals surface area (Å²) in [5.41, 5.74) is 0. The number of hydrogen-bond acceptors (Lipinski definition) is 2. The van der Waals surface area contributed by atoms with Gasteiger partial charge in [-0.15, -0.1) is 24.0 Å². The van der Waals surface area contributed by atoms with Crippen LogP contribution in [0.3, 0.4) is 0 Å². The number of halogens is 1. The summed E-state index contributed by atoms with van der Waals surface area (Å²) in [7, 11) is 3.52. The first-order valence-electron chi connectivity index (χ1n) is 7.80. The number of likely N-dealkylation sites (N-methyl/N-ethyl adjacent to an activating group) is 1. The normalized spacial score (nSPS) is 17.6. The van der Waals surface area contributed by atoms with Gasteiger partial charge in [-0.3, -0.25) is 4.79 Å². The Morgan fingerprint density at radius 3 is 2.43 bits per heavy atom. The minimum atomic E-state index is 0. The lowest BCUT2D eigenvalue weighted by Crippen LogP contribution is -2.47. The summed E-state index contributed by atoms with van der Waals surface area (Å²) in [5, 5.41) is 6.86. The molecule has 124 valence electrons. The largest absolute Gasteiger partial charge is 0.354 e. The fraction of sp³-hybridized carbons (Fsp3) is 0.867. The zero-order valence-electron chi connectivity index (χ0n) is 13.8. The van der Waals surface area contributed by atoms with Crippen LogP contribution < -0.4 is 10.6 Å². The third kappa shape index (κ3) is 8.48. The first-order chi connectivity index (χ1) is 9.52. The van der Waals surface area contributed by atoms with Crippen molar-refractivity contribution in [2.45, 2.75) is 64.5 Å². The lowest BCUT2D eigenvalue weighted by atomic mass is 9.96. The highest BCUT2D eigenvalue weighted by Crippen LogP contribution is 2.17. The maximum Gasteiger partial charge on any atom is 0.243 e. The Morgan fingerprint density at radius 2 is 1.90 bits per heavy atom. The molecular formula is C15H31IN4O. The van der Waals surface area contributed by atoms with Crippen molar-refractivity contribution in [3.8, 4) is 0 Å². The predicted molar refractivity (Wildman–Crippen MR) is 99.3 cm³/mol. The third-order valence-electron chi connectivity index (χ3n) is 3.81. The highest BCUT2D eigenvalue weighted by molar-refractivity contribution is 14.0. The van der Waals surface area contributed by atoms with Gasteiger partial charge in [0.1, 0.15) is 6.54 Å². The molecule has 1 aliphatic rings. The molecule has 5 nitrogen and oxygen atoms in total. The number of guanidine groups is 1. The van der Waals surface area contributed by atoms with Gasteiger partial charge in [0.05, 0.1) is 0 Å². The van der Waals surface area contributed by atoms with Gasteiger partial charge in [0.25, 0.3) is 0 Å². The van der Waals surface area contributed by atoms with Crippen molar-refractivity contribution in [2.75, 3.05) is 20.6 Å². The van der Waals surface area contributed by atoms with Crippen molar-refractivity contribution in [1.29, 1.82) is 0 Å². The van der Waals surface area contributed by atoms with Crippen molar-refractivity contribution >= 4 is 35.8 Å². The second-order valence-electron chi connectivity index (χ2n) is 5.89. The van der Waals surface area contributed by atoms with Gasteiger partial charge in [-0.1, -0.05) is 26.2 Å². The Morgan fingerprint density at radius 1 is 1.29 bits per heavy atom. The van der Waals surface area contributed by atoms with Gasteiger partial charge in [0.2, 0.25) is 5.91 Å². The Kier molecular flexibility index (Phi) is 10.8. The molecule has 0 saturated heterocycles. The molecule has 0 aromatic rings. The molecule has 1 atom stereocenters. The predicted octanol–water partition coefficient (Wildman–Crippen LogP) is 2.36. The maximum atomic E-state index is 11.7. The van der Waals surface area contributed by atoms with Crippen LogP contribution >= 0.6 is 24.0 Å². The molecule has 0 spiro atoms. The molecule has 0 aromatic carbocycles. The molecule has 1 aliphatic carbocycles. The lowest BCUT2D eigenvalue weighted by Gasteiger charge is -2.26. The monoisotopic (exact) mass is 410 g/mol. The molecule has 21 heavy (non-hydrogen) atoms. The van der Waals surface area contributed by atoms with Crippen LogP contribution in [0.4, 0.5) is 0 Å². The number of hydrogen-bond donors (Lipinski definition) is 2. The number of rotatable bonds is 5. The van der Waals surface area contributed by atoms with Gasteiger partial charge in [-0.05, 0) is 26.2 Å². The molecule has 1 fully saturated rings. The average Bonchev–Trinajstić information content (AvgIpc) is 2.45. The highest BCUT2D eigenvalue weighted by Gasteiger charge is 2.15. The van der Waals surface area contributed by atoms with E-state index in [2.05, 4.69) is 29.5 Å². The SMILES string of the molecule is CCC(C)NC(=NCC(=O)N(C)C)NC1CCCCC1.I. The van der Waals surface area contributed by atoms with Crippen molar-refractivity contribution in [2.24, 2.45) is 4.99 Å². The van der Waals surface area contributed by atoms with Gasteiger partial charge < -0.3 is 15.5 Å². The summed E-state index contributed by atoms with van der Waals surface area (Å²) < 4.78 is 0. The van der Waals surface area contributed by atoms with Crippen molar-refractivity contribution in [3.05, 3.63) is 0 Å². The molecule has 0 heterocycles. The second-order valence-corrected chi connectivity index (χ2v) is 5.89. The number of aliphatic imine (C=N–C) groups is 1. The molecule has 1 saturated carbocycles. The van der Waals surface area contributed by atoms with Crippen LogP contribution in [0.15, 0.2) is 4.99 Å². The first kappa shape index (κ1) is 20.5. The number of carbonyl (C=O) groups excluding carboxylic acids is 1. The quantitative estimate of drug-likeness (QED) is 0.416. The van der Waals surface area contributed by atoms with Crippen LogP contribution in [-0.4, -0.2) is 49.5 Å². The average molecular weight is 410 g/mol. The van der Waals surface area contributed by atoms with Gasteiger partial charge in [0, 0.05) is 26.2 Å². The molecule has 0 radical (unpaired) electrons. The number of nitrogens with one attached hydrogen (secondary N) is 2. The third-order valence-corrected chi connectivity index (χ3v) is 3.81. The summed E-state index contributed by atoms with van der Waals surface area (Å²) in [6.07, 6.45) is 7.33. The molecule has 0 aliphatic heterocycles. The summed E-state index contributed by atoms with van der Waals surface area (Å²) in [6, 6.07) is 0.854. The minimum Gasteiger partial charge on any atom is -0.354 e. The minimum absolute atomic E-state index is 0. The van der Waals surface area contributed by atoms with Crippen LogP contribution in [0.2, 0.25) is 0 Å². The first-order valence-corrected chi connectivity index (χ1v) is 7.80. The Hall–Kier alpha value is -0.530. The van der Waals surface area contributed by atoms with Gasteiger partial charge in [-0.25, -0.2) is 4.99 Å². The number of carbonyl (C=O) groups is 1. The van der Waals surface area contributed by atoms with E-state index < -0.39 is 0 Å². The van der Waals surface area contributed by atoms with Crippen LogP contribution in [-0.2, 0) is 4.79 Å². The van der Waals surface area contributed by atoms with E-state index in [-0.39, 0.29) is 36.4 Å². The molecule has 0 aromatic heterocycles. The summed E-state index contributed by atoms with van der Waals surface area (Å²) in [6.45, 7) is 4.47. The second kappa shape index (κ2) is 11.1. The van der Waals surface area contributed by atoms with E-state index in [1.54, 1.807) is 19.0 Å². The van der Waals surface area contributed by atoms with E-state index >= 15 is 0 Å².